The largest absolute Gasteiger partial charge is 0.497 e. The average molecular weight is 884 g/mol. The molecule has 0 spiro atoms. The monoisotopic (exact) mass is 883 g/mol. The number of aliphatic hydroxyl groups is 1. The van der Waals surface area contributed by atoms with E-state index in [2.05, 4.69) is 20.3 Å². The summed E-state index contributed by atoms with van der Waals surface area (Å²) in [6.45, 7) is -0.601. The van der Waals surface area contributed by atoms with E-state index in [-0.39, 0.29) is 60.8 Å². The number of nitrogens with one attached hydrogen (secondary N) is 1. The van der Waals surface area contributed by atoms with E-state index in [1.54, 1.807) is 38.5 Å². The summed E-state index contributed by atoms with van der Waals surface area (Å²) >= 11 is 0. The van der Waals surface area contributed by atoms with Crippen LogP contribution >= 0.6 is 0 Å². The van der Waals surface area contributed by atoms with E-state index < -0.39 is 34.0 Å². The first-order valence-corrected chi connectivity index (χ1v) is 20.4. The van der Waals surface area contributed by atoms with E-state index >= 15 is 0 Å². The van der Waals surface area contributed by atoms with Crippen molar-refractivity contribution in [2.24, 2.45) is 0 Å². The Kier molecular flexibility index (Phi) is 14.5. The predicted octanol–water partition coefficient (Wildman–Crippen LogP) is 6.39. The molecule has 0 aliphatic heterocycles. The molecule has 65 heavy (non-hydrogen) atoms. The molecule has 0 fully saturated rings. The molecule has 1 amide bonds. The summed E-state index contributed by atoms with van der Waals surface area (Å²) in [6, 6.07) is 35.9. The van der Waals surface area contributed by atoms with Crippen LogP contribution in [0.1, 0.15) is 27.8 Å². The molecule has 0 radical (unpaired) electrons. The van der Waals surface area contributed by atoms with E-state index in [0.29, 0.717) is 24.3 Å². The molecule has 334 valence electrons. The summed E-state index contributed by atoms with van der Waals surface area (Å²) in [5, 5.41) is 35.8. The summed E-state index contributed by atoms with van der Waals surface area (Å²) in [4.78, 5) is 48.6. The molecule has 0 aliphatic rings. The lowest BCUT2D eigenvalue weighted by Crippen LogP contribution is -2.45. The van der Waals surface area contributed by atoms with Gasteiger partial charge in [0, 0.05) is 37.1 Å². The highest BCUT2D eigenvalue weighted by molar-refractivity contribution is 5.81. The second kappa shape index (κ2) is 20.9. The number of benzene rings is 5. The van der Waals surface area contributed by atoms with Gasteiger partial charge in [0.05, 0.1) is 62.9 Å². The fraction of sp³-hybridized carbons (Fsp3) is 0.234. The van der Waals surface area contributed by atoms with Crippen LogP contribution in [-0.4, -0.2) is 87.1 Å². The van der Waals surface area contributed by atoms with Gasteiger partial charge in [0.1, 0.15) is 23.6 Å². The zero-order chi connectivity index (χ0) is 45.8. The fourth-order valence-corrected chi connectivity index (χ4v) is 7.14. The van der Waals surface area contributed by atoms with Gasteiger partial charge in [-0.1, -0.05) is 78.9 Å². The molecule has 2 N–H and O–H groups in total. The van der Waals surface area contributed by atoms with Crippen LogP contribution in [0.5, 0.6) is 23.4 Å². The van der Waals surface area contributed by atoms with Crippen molar-refractivity contribution in [1.29, 1.82) is 0 Å². The van der Waals surface area contributed by atoms with Gasteiger partial charge in [-0.3, -0.25) is 25.0 Å². The lowest BCUT2D eigenvalue weighted by atomic mass is 9.80. The quantitative estimate of drug-likeness (QED) is 0.0428. The van der Waals surface area contributed by atoms with Gasteiger partial charge in [-0.05, 0) is 52.1 Å². The van der Waals surface area contributed by atoms with E-state index in [0.717, 1.165) is 27.8 Å². The smallest absolute Gasteiger partial charge is 0.321 e. The molecular weight excluding hydrogens is 839 g/mol. The van der Waals surface area contributed by atoms with E-state index in [9.17, 15) is 30.1 Å². The zero-order valence-electron chi connectivity index (χ0n) is 35.4. The topological polar surface area (TPSA) is 225 Å². The number of hydrogen-bond donors (Lipinski definition) is 2. The number of methoxy groups -OCH3 is 2. The highest BCUT2D eigenvalue weighted by atomic mass is 16.6. The third kappa shape index (κ3) is 10.8. The molecule has 2 heterocycles. The fourth-order valence-electron chi connectivity index (χ4n) is 7.14. The number of carbonyl (C=O) groups is 1. The number of aromatic nitrogens is 4. The first-order chi connectivity index (χ1) is 31.6. The standard InChI is InChI=1S/C47H45N7O11/c1-61-40-20-12-35(13-21-40)47(34-6-4-3-5-7-34,36-14-22-41(62-2)23-15-36)65-30-37(29-55)49-42(56)28-52-31-48-43-44(52)50-46(64-27-25-33-10-18-39(19-11-33)54(59)60)51-45(43)63-26-24-32-8-16-38(17-9-32)53(57)58/h3-23,31,37,55H,24-30H2,1-2H3,(H,49,56)/t37-/m1/s1. The SMILES string of the molecule is COc1ccc(C(OC[C@@H](CO)NC(=O)Cn2cnc3c(OCCc4ccc([N+](=O)[O-])cc4)nc(OCCc4ccc([N+](=O)[O-])cc4)nc32)(c2ccccc2)c2ccc(OC)cc2)cc1. The number of non-ortho nitro benzene ring substituents is 2. The normalized spacial score (nSPS) is 11.7. The number of amides is 1. The van der Waals surface area contributed by atoms with Gasteiger partial charge in [-0.2, -0.15) is 9.97 Å². The van der Waals surface area contributed by atoms with Crippen LogP contribution in [0.3, 0.4) is 0 Å². The highest BCUT2D eigenvalue weighted by Crippen LogP contribution is 2.42. The van der Waals surface area contributed by atoms with Crippen molar-refractivity contribution >= 4 is 28.4 Å². The molecule has 7 rings (SSSR count). The van der Waals surface area contributed by atoms with Gasteiger partial charge in [0.25, 0.3) is 11.4 Å². The predicted molar refractivity (Wildman–Crippen MR) is 237 cm³/mol. The minimum Gasteiger partial charge on any atom is -0.497 e. The number of rotatable bonds is 22. The zero-order valence-corrected chi connectivity index (χ0v) is 35.4. The Morgan fingerprint density at radius 3 is 1.75 bits per heavy atom. The summed E-state index contributed by atoms with van der Waals surface area (Å²) in [7, 11) is 3.18. The number of imidazole rings is 1. The van der Waals surface area contributed by atoms with Crippen LogP contribution < -0.4 is 24.3 Å². The second-order valence-electron chi connectivity index (χ2n) is 14.7. The molecule has 18 heteroatoms. The van der Waals surface area contributed by atoms with Crippen molar-refractivity contribution in [1.82, 2.24) is 24.8 Å². The minimum absolute atomic E-state index is 0.0301. The molecule has 18 nitrogen and oxygen atoms in total. The molecule has 0 saturated heterocycles. The molecule has 5 aromatic carbocycles. The van der Waals surface area contributed by atoms with Crippen LogP contribution in [0.15, 0.2) is 134 Å². The Balaban J connectivity index is 1.11. The Morgan fingerprint density at radius 2 is 1.25 bits per heavy atom. The maximum atomic E-state index is 13.8. The first-order valence-electron chi connectivity index (χ1n) is 20.4. The molecule has 2 aromatic heterocycles. The van der Waals surface area contributed by atoms with Crippen LogP contribution in [0.4, 0.5) is 11.4 Å². The number of hydrogen-bond acceptors (Lipinski definition) is 14. The summed E-state index contributed by atoms with van der Waals surface area (Å²) in [5.74, 6) is 0.915. The van der Waals surface area contributed by atoms with Crippen molar-refractivity contribution in [3.8, 4) is 23.4 Å². The molecule has 0 saturated carbocycles. The number of nitro benzene ring substituents is 2. The van der Waals surface area contributed by atoms with Crippen LogP contribution in [0.2, 0.25) is 0 Å². The van der Waals surface area contributed by atoms with Gasteiger partial charge in [0.15, 0.2) is 11.2 Å². The number of nitrogens with zero attached hydrogens (tertiary/aromatic N) is 6. The number of fused-ring (bicyclic) bond motifs is 1. The lowest BCUT2D eigenvalue weighted by Gasteiger charge is -2.37. The molecule has 7 aromatic rings. The van der Waals surface area contributed by atoms with Crippen molar-refractivity contribution in [3.05, 3.63) is 182 Å². The third-order valence-electron chi connectivity index (χ3n) is 10.5. The first kappa shape index (κ1) is 45.1. The molecule has 0 aliphatic carbocycles. The van der Waals surface area contributed by atoms with Crippen molar-refractivity contribution < 1.29 is 43.4 Å². The summed E-state index contributed by atoms with van der Waals surface area (Å²) in [6.07, 6.45) is 2.18. The second-order valence-corrected chi connectivity index (χ2v) is 14.7. The van der Waals surface area contributed by atoms with Crippen molar-refractivity contribution in [2.75, 3.05) is 40.6 Å². The van der Waals surface area contributed by atoms with Crippen LogP contribution in [-0.2, 0) is 34.5 Å². The third-order valence-corrected chi connectivity index (χ3v) is 10.5. The number of nitro groups is 2. The van der Waals surface area contributed by atoms with E-state index in [4.69, 9.17) is 23.7 Å². The Hall–Kier alpha value is -7.96. The minimum atomic E-state index is -1.20. The Bertz CT molecular complexity index is 2650. The number of aliphatic hydroxyl groups excluding tert-OH is 1. The molecule has 0 bridgehead atoms. The van der Waals surface area contributed by atoms with E-state index in [1.165, 1.54) is 35.2 Å². The van der Waals surface area contributed by atoms with Crippen LogP contribution in [0.25, 0.3) is 11.2 Å². The molecule has 1 atom stereocenters. The average Bonchev–Trinajstić information content (AvgIpc) is 3.74. The van der Waals surface area contributed by atoms with Crippen LogP contribution in [0, 0.1) is 20.2 Å². The number of carbonyl (C=O) groups excluding carboxylic acids is 1. The summed E-state index contributed by atoms with van der Waals surface area (Å²) < 4.78 is 31.3. The van der Waals surface area contributed by atoms with Gasteiger partial charge >= 0.3 is 6.01 Å². The number of ether oxygens (including phenoxy) is 5. The van der Waals surface area contributed by atoms with Gasteiger partial charge in [0.2, 0.25) is 11.8 Å². The highest BCUT2D eigenvalue weighted by Gasteiger charge is 2.38. The summed E-state index contributed by atoms with van der Waals surface area (Å²) in [5.41, 5.74) is 3.15. The maximum Gasteiger partial charge on any atom is 0.321 e. The Morgan fingerprint density at radius 1 is 0.723 bits per heavy atom. The van der Waals surface area contributed by atoms with Crippen molar-refractivity contribution in [3.63, 3.8) is 0 Å². The van der Waals surface area contributed by atoms with Crippen molar-refractivity contribution in [2.45, 2.75) is 31.0 Å². The maximum absolute atomic E-state index is 13.8. The molecular formula is C47H45N7O11. The van der Waals surface area contributed by atoms with Gasteiger partial charge < -0.3 is 38.7 Å². The lowest BCUT2D eigenvalue weighted by molar-refractivity contribution is -0.385. The Labute approximate surface area is 372 Å². The molecule has 0 unspecified atom stereocenters. The van der Waals surface area contributed by atoms with Gasteiger partial charge in [-0.25, -0.2) is 4.98 Å². The van der Waals surface area contributed by atoms with Gasteiger partial charge in [-0.15, -0.1) is 0 Å². The van der Waals surface area contributed by atoms with E-state index in [1.807, 2.05) is 78.9 Å².